The first-order chi connectivity index (χ1) is 8.83. The fourth-order valence-corrected chi connectivity index (χ4v) is 2.31. The van der Waals surface area contributed by atoms with Crippen LogP contribution in [0.5, 0.6) is 0 Å². The molecule has 0 spiro atoms. The molecule has 1 aliphatic rings. The number of furan rings is 1. The highest BCUT2D eigenvalue weighted by Crippen LogP contribution is 2.21. The van der Waals surface area contributed by atoms with E-state index in [2.05, 4.69) is 21.2 Å². The van der Waals surface area contributed by atoms with Gasteiger partial charge in [-0.15, -0.1) is 0 Å². The van der Waals surface area contributed by atoms with Crippen LogP contribution in [0.3, 0.4) is 0 Å². The number of amides is 1. The van der Waals surface area contributed by atoms with Crippen molar-refractivity contribution in [3.8, 4) is 0 Å². The van der Waals surface area contributed by atoms with Gasteiger partial charge >= 0.3 is 6.18 Å². The van der Waals surface area contributed by atoms with Crippen molar-refractivity contribution in [2.75, 3.05) is 13.1 Å². The molecule has 2 heterocycles. The molecule has 19 heavy (non-hydrogen) atoms. The van der Waals surface area contributed by atoms with Crippen molar-refractivity contribution in [1.82, 2.24) is 10.2 Å². The van der Waals surface area contributed by atoms with Gasteiger partial charge in [-0.05, 0) is 28.1 Å². The topological polar surface area (TPSA) is 45.5 Å². The summed E-state index contributed by atoms with van der Waals surface area (Å²) in [6, 6.07) is 3.20. The van der Waals surface area contributed by atoms with E-state index >= 15 is 0 Å². The first-order valence-corrected chi connectivity index (χ1v) is 6.45. The molecule has 0 aliphatic carbocycles. The van der Waals surface area contributed by atoms with E-state index in [9.17, 15) is 18.0 Å². The Bertz CT molecular complexity index is 461. The quantitative estimate of drug-likeness (QED) is 0.914. The largest absolute Gasteiger partial charge is 0.453 e. The highest BCUT2D eigenvalue weighted by atomic mass is 79.9. The Morgan fingerprint density at radius 1 is 1.47 bits per heavy atom. The molecule has 2 rings (SSSR count). The summed E-state index contributed by atoms with van der Waals surface area (Å²) in [4.78, 5) is 12.3. The molecule has 0 radical (unpaired) electrons. The van der Waals surface area contributed by atoms with Gasteiger partial charge in [-0.25, -0.2) is 0 Å². The Morgan fingerprint density at radius 2 is 2.21 bits per heavy atom. The third kappa shape index (κ3) is 4.24. The summed E-state index contributed by atoms with van der Waals surface area (Å²) in [7, 11) is 0. The van der Waals surface area contributed by atoms with Crippen molar-refractivity contribution in [2.45, 2.75) is 25.2 Å². The minimum atomic E-state index is -4.35. The van der Waals surface area contributed by atoms with Crippen LogP contribution in [0.2, 0.25) is 0 Å². The van der Waals surface area contributed by atoms with Gasteiger partial charge in [0.15, 0.2) is 4.67 Å². The Hall–Kier alpha value is -1.02. The third-order valence-electron chi connectivity index (χ3n) is 2.78. The molecule has 1 fully saturated rings. The Balaban J connectivity index is 1.82. The zero-order chi connectivity index (χ0) is 14.0. The van der Waals surface area contributed by atoms with Crippen molar-refractivity contribution < 1.29 is 22.4 Å². The predicted molar refractivity (Wildman–Crippen MR) is 64.3 cm³/mol. The fraction of sp³-hybridized carbons (Fsp3) is 0.545. The zero-order valence-electron chi connectivity index (χ0n) is 9.84. The number of likely N-dealkylation sites (tertiary alicyclic amines) is 1. The van der Waals surface area contributed by atoms with Crippen molar-refractivity contribution in [1.29, 1.82) is 0 Å². The lowest BCUT2D eigenvalue weighted by Crippen LogP contribution is -2.37. The van der Waals surface area contributed by atoms with E-state index in [0.29, 0.717) is 17.0 Å². The van der Waals surface area contributed by atoms with Crippen LogP contribution in [-0.2, 0) is 11.3 Å². The van der Waals surface area contributed by atoms with Gasteiger partial charge < -0.3 is 14.6 Å². The minimum Gasteiger partial charge on any atom is -0.453 e. The van der Waals surface area contributed by atoms with Crippen LogP contribution in [0, 0.1) is 0 Å². The maximum Gasteiger partial charge on any atom is 0.406 e. The lowest BCUT2D eigenvalue weighted by Gasteiger charge is -2.18. The van der Waals surface area contributed by atoms with E-state index in [1.807, 2.05) is 0 Å². The molecule has 1 aromatic rings. The Morgan fingerprint density at radius 3 is 2.79 bits per heavy atom. The molecule has 0 aromatic carbocycles. The Labute approximate surface area is 116 Å². The number of nitrogens with one attached hydrogen (secondary N) is 1. The first-order valence-electron chi connectivity index (χ1n) is 5.65. The van der Waals surface area contributed by atoms with Crippen molar-refractivity contribution >= 4 is 21.8 Å². The van der Waals surface area contributed by atoms with E-state index in [4.69, 9.17) is 4.42 Å². The molecular formula is C11H12BrF3N2O2. The molecule has 1 saturated heterocycles. The second-order valence-corrected chi connectivity index (χ2v) is 5.16. The van der Waals surface area contributed by atoms with E-state index < -0.39 is 18.6 Å². The minimum absolute atomic E-state index is 0.0697. The molecule has 0 saturated carbocycles. The number of hydrogen-bond acceptors (Lipinski definition) is 3. The smallest absolute Gasteiger partial charge is 0.406 e. The van der Waals surface area contributed by atoms with Crippen LogP contribution < -0.4 is 5.32 Å². The van der Waals surface area contributed by atoms with E-state index in [1.54, 1.807) is 12.1 Å². The summed E-state index contributed by atoms with van der Waals surface area (Å²) >= 11 is 3.16. The molecule has 8 heteroatoms. The molecule has 1 amide bonds. The molecule has 106 valence electrons. The number of halogens is 4. The van der Waals surface area contributed by atoms with Crippen LogP contribution in [0.15, 0.2) is 21.2 Å². The highest BCUT2D eigenvalue weighted by molar-refractivity contribution is 9.10. The SMILES string of the molecule is O=C1C[C@H](NCc2ccc(Br)o2)CN1CC(F)(F)F. The summed E-state index contributed by atoms with van der Waals surface area (Å²) < 4.78 is 42.5. The van der Waals surface area contributed by atoms with Gasteiger partial charge in [-0.2, -0.15) is 13.2 Å². The highest BCUT2D eigenvalue weighted by Gasteiger charge is 2.38. The molecule has 0 bridgehead atoms. The summed E-state index contributed by atoms with van der Waals surface area (Å²) in [6.45, 7) is -0.736. The van der Waals surface area contributed by atoms with Gasteiger partial charge in [0.05, 0.1) is 6.54 Å². The van der Waals surface area contributed by atoms with Gasteiger partial charge in [0.25, 0.3) is 0 Å². The van der Waals surface area contributed by atoms with Crippen LogP contribution in [0.4, 0.5) is 13.2 Å². The number of rotatable bonds is 4. The molecule has 4 nitrogen and oxygen atoms in total. The molecule has 1 N–H and O–H groups in total. The van der Waals surface area contributed by atoms with Gasteiger partial charge in [-0.1, -0.05) is 0 Å². The molecular weight excluding hydrogens is 329 g/mol. The average Bonchev–Trinajstić information content (AvgIpc) is 2.82. The van der Waals surface area contributed by atoms with Crippen molar-refractivity contribution in [2.24, 2.45) is 0 Å². The lowest BCUT2D eigenvalue weighted by atomic mass is 10.2. The number of alkyl halides is 3. The maximum atomic E-state index is 12.2. The zero-order valence-corrected chi connectivity index (χ0v) is 11.4. The summed E-state index contributed by atoms with van der Waals surface area (Å²) in [5.74, 6) is 0.184. The number of hydrogen-bond donors (Lipinski definition) is 1. The monoisotopic (exact) mass is 340 g/mol. The summed E-state index contributed by atoms with van der Waals surface area (Å²) in [5.41, 5.74) is 0. The molecule has 1 atom stereocenters. The predicted octanol–water partition coefficient (Wildman–Crippen LogP) is 2.29. The first kappa shape index (κ1) is 14.4. The van der Waals surface area contributed by atoms with Gasteiger partial charge in [0.1, 0.15) is 12.3 Å². The standard InChI is InChI=1S/C11H12BrF3N2O2/c12-9-2-1-8(19-9)4-16-7-3-10(18)17(5-7)6-11(13,14)15/h1-2,7,16H,3-6H2/t7-/m0/s1. The van der Waals surface area contributed by atoms with E-state index in [1.165, 1.54) is 0 Å². The second kappa shape index (κ2) is 5.54. The number of carbonyl (C=O) groups is 1. The summed E-state index contributed by atoms with van der Waals surface area (Å²) in [5, 5.41) is 3.01. The van der Waals surface area contributed by atoms with Crippen LogP contribution in [-0.4, -0.2) is 36.1 Å². The van der Waals surface area contributed by atoms with Crippen LogP contribution >= 0.6 is 15.9 Å². The number of carbonyl (C=O) groups excluding carboxylic acids is 1. The van der Waals surface area contributed by atoms with E-state index in [-0.39, 0.29) is 19.0 Å². The molecule has 1 aromatic heterocycles. The lowest BCUT2D eigenvalue weighted by molar-refractivity contribution is -0.157. The van der Waals surface area contributed by atoms with E-state index in [0.717, 1.165) is 4.90 Å². The fourth-order valence-electron chi connectivity index (χ4n) is 1.97. The van der Waals surface area contributed by atoms with Crippen molar-refractivity contribution in [3.63, 3.8) is 0 Å². The maximum absolute atomic E-state index is 12.2. The number of nitrogens with zero attached hydrogens (tertiary/aromatic N) is 1. The van der Waals surface area contributed by atoms with Crippen LogP contribution in [0.25, 0.3) is 0 Å². The van der Waals surface area contributed by atoms with Gasteiger partial charge in [0.2, 0.25) is 5.91 Å². The van der Waals surface area contributed by atoms with Crippen LogP contribution in [0.1, 0.15) is 12.2 Å². The summed E-state index contributed by atoms with van der Waals surface area (Å²) in [6.07, 6.45) is -4.27. The average molecular weight is 341 g/mol. The Kier molecular flexibility index (Phi) is 4.19. The van der Waals surface area contributed by atoms with Crippen molar-refractivity contribution in [3.05, 3.63) is 22.6 Å². The van der Waals surface area contributed by atoms with Gasteiger partial charge in [-0.3, -0.25) is 4.79 Å². The second-order valence-electron chi connectivity index (χ2n) is 4.38. The normalized spacial score (nSPS) is 20.3. The molecule has 0 unspecified atom stereocenters. The molecule has 1 aliphatic heterocycles. The third-order valence-corrected chi connectivity index (χ3v) is 3.20. The van der Waals surface area contributed by atoms with Gasteiger partial charge in [0, 0.05) is 19.0 Å².